The first-order chi connectivity index (χ1) is 10.5. The van der Waals surface area contributed by atoms with Crippen LogP contribution in [0.3, 0.4) is 0 Å². The van der Waals surface area contributed by atoms with Gasteiger partial charge in [0.25, 0.3) is 5.56 Å². The summed E-state index contributed by atoms with van der Waals surface area (Å²) in [5.41, 5.74) is 0.521. The van der Waals surface area contributed by atoms with Crippen LogP contribution in [0.5, 0.6) is 0 Å². The monoisotopic (exact) mass is 305 g/mol. The van der Waals surface area contributed by atoms with E-state index in [-0.39, 0.29) is 11.2 Å². The van der Waals surface area contributed by atoms with Crippen molar-refractivity contribution >= 4 is 11.2 Å². The van der Waals surface area contributed by atoms with Gasteiger partial charge in [-0.25, -0.2) is 9.78 Å². The van der Waals surface area contributed by atoms with E-state index < -0.39 is 0 Å². The number of hydrogen-bond acceptors (Lipinski definition) is 4. The van der Waals surface area contributed by atoms with Crippen molar-refractivity contribution in [1.29, 1.82) is 0 Å². The first kappa shape index (κ1) is 15.0. The molecule has 7 nitrogen and oxygen atoms in total. The fourth-order valence-corrected chi connectivity index (χ4v) is 3.30. The van der Waals surface area contributed by atoms with Crippen molar-refractivity contribution in [1.82, 2.24) is 24.0 Å². The van der Waals surface area contributed by atoms with Gasteiger partial charge in [-0.2, -0.15) is 0 Å². The topological polar surface area (TPSA) is 73.8 Å². The SMILES string of the molecule is CCn1c(=O)n(C)c(=O)c2c1nc(C)n2CC1CCNCC1. The van der Waals surface area contributed by atoms with Crippen molar-refractivity contribution in [2.24, 2.45) is 13.0 Å². The number of aromatic nitrogens is 4. The molecular formula is C15H23N5O2. The Morgan fingerprint density at radius 2 is 1.91 bits per heavy atom. The summed E-state index contributed by atoms with van der Waals surface area (Å²) < 4.78 is 4.76. The Bertz CT molecular complexity index is 808. The Hall–Kier alpha value is -1.89. The van der Waals surface area contributed by atoms with E-state index in [0.29, 0.717) is 23.6 Å². The third-order valence-electron chi connectivity index (χ3n) is 4.64. The molecule has 3 heterocycles. The van der Waals surface area contributed by atoms with Gasteiger partial charge in [0, 0.05) is 20.1 Å². The molecular weight excluding hydrogens is 282 g/mol. The molecule has 22 heavy (non-hydrogen) atoms. The van der Waals surface area contributed by atoms with Gasteiger partial charge in [0.05, 0.1) is 0 Å². The van der Waals surface area contributed by atoms with Gasteiger partial charge >= 0.3 is 5.69 Å². The minimum Gasteiger partial charge on any atom is -0.322 e. The molecule has 0 aromatic carbocycles. The number of imidazole rings is 1. The molecule has 2 aromatic heterocycles. The summed E-state index contributed by atoms with van der Waals surface area (Å²) in [7, 11) is 1.54. The Morgan fingerprint density at radius 1 is 1.23 bits per heavy atom. The summed E-state index contributed by atoms with van der Waals surface area (Å²) in [5.74, 6) is 1.35. The van der Waals surface area contributed by atoms with Crippen molar-refractivity contribution in [2.75, 3.05) is 13.1 Å². The first-order valence-electron chi connectivity index (χ1n) is 7.92. The molecule has 2 aromatic rings. The van der Waals surface area contributed by atoms with Crippen LogP contribution in [-0.2, 0) is 20.1 Å². The van der Waals surface area contributed by atoms with Crippen LogP contribution >= 0.6 is 0 Å². The molecule has 1 fully saturated rings. The molecule has 3 rings (SSSR count). The highest BCUT2D eigenvalue weighted by atomic mass is 16.2. The van der Waals surface area contributed by atoms with Crippen molar-refractivity contribution in [3.05, 3.63) is 26.7 Å². The van der Waals surface area contributed by atoms with Gasteiger partial charge in [-0.05, 0) is 45.7 Å². The molecule has 120 valence electrons. The van der Waals surface area contributed by atoms with Crippen LogP contribution in [0, 0.1) is 12.8 Å². The third-order valence-corrected chi connectivity index (χ3v) is 4.64. The number of aryl methyl sites for hydroxylation is 2. The summed E-state index contributed by atoms with van der Waals surface area (Å²) in [4.78, 5) is 29.3. The number of piperidine rings is 1. The van der Waals surface area contributed by atoms with Crippen LogP contribution < -0.4 is 16.6 Å². The molecule has 0 amide bonds. The van der Waals surface area contributed by atoms with E-state index in [1.54, 1.807) is 4.57 Å². The molecule has 1 saturated heterocycles. The minimum atomic E-state index is -0.300. The Balaban J connectivity index is 2.18. The van der Waals surface area contributed by atoms with E-state index in [1.165, 1.54) is 11.6 Å². The maximum Gasteiger partial charge on any atom is 0.332 e. The summed E-state index contributed by atoms with van der Waals surface area (Å²) in [6.45, 7) is 7.15. The van der Waals surface area contributed by atoms with Gasteiger partial charge in [-0.1, -0.05) is 0 Å². The van der Waals surface area contributed by atoms with Crippen LogP contribution in [0.2, 0.25) is 0 Å². The quantitative estimate of drug-likeness (QED) is 0.880. The number of nitrogens with one attached hydrogen (secondary N) is 1. The van der Waals surface area contributed by atoms with Gasteiger partial charge in [0.15, 0.2) is 11.2 Å². The smallest absolute Gasteiger partial charge is 0.322 e. The predicted octanol–water partition coefficient (Wildman–Crippen LogP) is 0.225. The molecule has 0 unspecified atom stereocenters. The van der Waals surface area contributed by atoms with Crippen LogP contribution in [0.4, 0.5) is 0 Å². The van der Waals surface area contributed by atoms with Gasteiger partial charge in [0.1, 0.15) is 5.82 Å². The Morgan fingerprint density at radius 3 is 2.55 bits per heavy atom. The maximum absolute atomic E-state index is 12.6. The normalized spacial score (nSPS) is 16.5. The molecule has 0 spiro atoms. The molecule has 0 saturated carbocycles. The standard InChI is InChI=1S/C15H23N5O2/c1-4-19-13-12(14(21)18(3)15(19)22)20(10(2)17-13)9-11-5-7-16-8-6-11/h11,16H,4-9H2,1-3H3. The van der Waals surface area contributed by atoms with Crippen molar-refractivity contribution in [3.8, 4) is 0 Å². The molecule has 0 aliphatic carbocycles. The molecule has 0 bridgehead atoms. The molecule has 7 heteroatoms. The second-order valence-electron chi connectivity index (χ2n) is 6.03. The van der Waals surface area contributed by atoms with Gasteiger partial charge in [-0.3, -0.25) is 13.9 Å². The largest absolute Gasteiger partial charge is 0.332 e. The summed E-state index contributed by atoms with van der Waals surface area (Å²) in [5, 5.41) is 3.36. The summed E-state index contributed by atoms with van der Waals surface area (Å²) in [6, 6.07) is 0. The van der Waals surface area contributed by atoms with Crippen molar-refractivity contribution < 1.29 is 0 Å². The summed E-state index contributed by atoms with van der Waals surface area (Å²) >= 11 is 0. The van der Waals surface area contributed by atoms with E-state index in [4.69, 9.17) is 0 Å². The van der Waals surface area contributed by atoms with Gasteiger partial charge in [-0.15, -0.1) is 0 Å². The number of fused-ring (bicyclic) bond motifs is 1. The molecule has 0 atom stereocenters. The zero-order valence-electron chi connectivity index (χ0n) is 13.4. The molecule has 1 N–H and O–H groups in total. The van der Waals surface area contributed by atoms with Crippen LogP contribution in [-0.4, -0.2) is 31.8 Å². The predicted molar refractivity (Wildman–Crippen MR) is 85.2 cm³/mol. The Labute approximate surface area is 128 Å². The number of rotatable bonds is 3. The van der Waals surface area contributed by atoms with Gasteiger partial charge < -0.3 is 9.88 Å². The molecule has 0 radical (unpaired) electrons. The van der Waals surface area contributed by atoms with E-state index in [9.17, 15) is 9.59 Å². The van der Waals surface area contributed by atoms with Crippen LogP contribution in [0.1, 0.15) is 25.6 Å². The van der Waals surface area contributed by atoms with E-state index in [0.717, 1.165) is 38.3 Å². The lowest BCUT2D eigenvalue weighted by molar-refractivity contribution is 0.334. The van der Waals surface area contributed by atoms with Crippen molar-refractivity contribution in [2.45, 2.75) is 39.8 Å². The van der Waals surface area contributed by atoms with Gasteiger partial charge in [0.2, 0.25) is 0 Å². The van der Waals surface area contributed by atoms with E-state index >= 15 is 0 Å². The Kier molecular flexibility index (Phi) is 3.90. The zero-order valence-corrected chi connectivity index (χ0v) is 13.4. The number of hydrogen-bond donors (Lipinski definition) is 1. The average molecular weight is 305 g/mol. The van der Waals surface area contributed by atoms with E-state index in [1.807, 2.05) is 18.4 Å². The number of nitrogens with zero attached hydrogens (tertiary/aromatic N) is 4. The minimum absolute atomic E-state index is 0.251. The lowest BCUT2D eigenvalue weighted by Crippen LogP contribution is -2.38. The fraction of sp³-hybridized carbons (Fsp3) is 0.667. The fourth-order valence-electron chi connectivity index (χ4n) is 3.30. The first-order valence-corrected chi connectivity index (χ1v) is 7.92. The maximum atomic E-state index is 12.6. The average Bonchev–Trinajstić information content (AvgIpc) is 2.83. The highest BCUT2D eigenvalue weighted by molar-refractivity contribution is 5.71. The second-order valence-corrected chi connectivity index (χ2v) is 6.03. The molecule has 1 aliphatic rings. The second kappa shape index (κ2) is 5.72. The lowest BCUT2D eigenvalue weighted by Gasteiger charge is -2.23. The van der Waals surface area contributed by atoms with Crippen LogP contribution in [0.25, 0.3) is 11.2 Å². The van der Waals surface area contributed by atoms with Crippen LogP contribution in [0.15, 0.2) is 9.59 Å². The van der Waals surface area contributed by atoms with Crippen molar-refractivity contribution in [3.63, 3.8) is 0 Å². The highest BCUT2D eigenvalue weighted by Gasteiger charge is 2.21. The molecule has 1 aliphatic heterocycles. The third kappa shape index (κ3) is 2.29. The van der Waals surface area contributed by atoms with E-state index in [2.05, 4.69) is 10.3 Å². The zero-order chi connectivity index (χ0) is 15.9. The highest BCUT2D eigenvalue weighted by Crippen LogP contribution is 2.19. The summed E-state index contributed by atoms with van der Waals surface area (Å²) in [6.07, 6.45) is 2.21. The lowest BCUT2D eigenvalue weighted by atomic mass is 9.98.